The number of aryl methyl sites for hydroxylation is 1. The van der Waals surface area contributed by atoms with E-state index in [0.717, 1.165) is 0 Å². The third-order valence-corrected chi connectivity index (χ3v) is 2.70. The number of aromatic hydroxyl groups is 1. The first-order chi connectivity index (χ1) is 8.97. The summed E-state index contributed by atoms with van der Waals surface area (Å²) in [5.74, 6) is -0.844. The van der Waals surface area contributed by atoms with E-state index in [1.54, 1.807) is 6.92 Å². The number of hydrogen-bond acceptors (Lipinski definition) is 3. The van der Waals surface area contributed by atoms with Gasteiger partial charge < -0.3 is 16.2 Å². The van der Waals surface area contributed by atoms with Gasteiger partial charge in [0.25, 0.3) is 5.91 Å². The second-order valence-corrected chi connectivity index (χ2v) is 4.19. The zero-order chi connectivity index (χ0) is 14.0. The number of nitrogen functional groups attached to an aromatic ring is 1. The Balaban J connectivity index is 2.25. The van der Waals surface area contributed by atoms with Crippen molar-refractivity contribution < 1.29 is 14.3 Å². The number of carbonyl (C=O) groups excluding carboxylic acids is 1. The van der Waals surface area contributed by atoms with Crippen LogP contribution < -0.4 is 11.1 Å². The predicted octanol–water partition coefficient (Wildman–Crippen LogP) is 2.67. The van der Waals surface area contributed by atoms with Crippen LogP contribution in [-0.2, 0) is 0 Å². The van der Waals surface area contributed by atoms with Gasteiger partial charge in [-0.15, -0.1) is 0 Å². The molecule has 0 spiro atoms. The molecule has 0 aliphatic carbocycles. The number of nitrogens with two attached hydrogens (primary N) is 1. The van der Waals surface area contributed by atoms with E-state index in [0.29, 0.717) is 11.3 Å². The van der Waals surface area contributed by atoms with Gasteiger partial charge in [-0.2, -0.15) is 0 Å². The first kappa shape index (κ1) is 12.9. The largest absolute Gasteiger partial charge is 0.508 e. The summed E-state index contributed by atoms with van der Waals surface area (Å²) in [5, 5.41) is 11.9. The molecule has 0 aromatic heterocycles. The summed E-state index contributed by atoms with van der Waals surface area (Å²) in [5.41, 5.74) is 6.99. The second-order valence-electron chi connectivity index (χ2n) is 4.19. The summed E-state index contributed by atoms with van der Waals surface area (Å²) >= 11 is 0. The molecular weight excluding hydrogens is 247 g/mol. The number of hydrogen-bond donors (Lipinski definition) is 3. The molecule has 0 fully saturated rings. The van der Waals surface area contributed by atoms with E-state index in [-0.39, 0.29) is 22.8 Å². The average Bonchev–Trinajstić information content (AvgIpc) is 2.36. The summed E-state index contributed by atoms with van der Waals surface area (Å²) in [6, 6.07) is 8.37. The minimum absolute atomic E-state index is 0.0466. The highest BCUT2D eigenvalue weighted by Gasteiger charge is 2.11. The average molecular weight is 260 g/mol. The summed E-state index contributed by atoms with van der Waals surface area (Å²) < 4.78 is 13.1. The molecule has 19 heavy (non-hydrogen) atoms. The molecule has 0 aliphatic rings. The molecule has 0 aliphatic heterocycles. The Bertz CT molecular complexity index is 641. The van der Waals surface area contributed by atoms with Crippen molar-refractivity contribution >= 4 is 17.3 Å². The van der Waals surface area contributed by atoms with Crippen molar-refractivity contribution in [2.24, 2.45) is 0 Å². The lowest BCUT2D eigenvalue weighted by atomic mass is 10.1. The van der Waals surface area contributed by atoms with Crippen LogP contribution >= 0.6 is 0 Å². The van der Waals surface area contributed by atoms with Crippen LogP contribution in [0.3, 0.4) is 0 Å². The van der Waals surface area contributed by atoms with Gasteiger partial charge in [0.15, 0.2) is 0 Å². The number of phenols is 1. The summed E-state index contributed by atoms with van der Waals surface area (Å²) in [4.78, 5) is 12.0. The molecule has 2 aromatic carbocycles. The van der Waals surface area contributed by atoms with Crippen LogP contribution in [-0.4, -0.2) is 11.0 Å². The van der Waals surface area contributed by atoms with Crippen molar-refractivity contribution in [2.45, 2.75) is 6.92 Å². The number of nitrogens with one attached hydrogen (secondary N) is 1. The highest BCUT2D eigenvalue weighted by atomic mass is 19.1. The number of carbonyl (C=O) groups is 1. The van der Waals surface area contributed by atoms with Crippen molar-refractivity contribution in [3.8, 4) is 5.75 Å². The van der Waals surface area contributed by atoms with E-state index >= 15 is 0 Å². The highest BCUT2D eigenvalue weighted by molar-refractivity contribution is 6.08. The van der Waals surface area contributed by atoms with Gasteiger partial charge in [0.2, 0.25) is 0 Å². The molecule has 0 radical (unpaired) electrons. The van der Waals surface area contributed by atoms with E-state index in [1.807, 2.05) is 0 Å². The van der Waals surface area contributed by atoms with Gasteiger partial charge in [0, 0.05) is 11.4 Å². The van der Waals surface area contributed by atoms with Crippen molar-refractivity contribution in [1.82, 2.24) is 0 Å². The Hall–Kier alpha value is -2.56. The molecule has 5 heteroatoms. The van der Waals surface area contributed by atoms with Crippen LogP contribution in [0.5, 0.6) is 5.75 Å². The Kier molecular flexibility index (Phi) is 3.37. The lowest BCUT2D eigenvalue weighted by Gasteiger charge is -2.09. The number of benzene rings is 2. The Morgan fingerprint density at radius 2 is 2.00 bits per heavy atom. The summed E-state index contributed by atoms with van der Waals surface area (Å²) in [6.45, 7) is 1.60. The number of rotatable bonds is 2. The molecule has 1 amide bonds. The monoisotopic (exact) mass is 260 g/mol. The molecule has 0 unspecified atom stereocenters. The quantitative estimate of drug-likeness (QED) is 0.574. The zero-order valence-corrected chi connectivity index (χ0v) is 10.3. The molecule has 0 saturated carbocycles. The third-order valence-electron chi connectivity index (χ3n) is 2.70. The zero-order valence-electron chi connectivity index (χ0n) is 10.3. The number of halogens is 1. The van der Waals surface area contributed by atoms with E-state index in [1.165, 1.54) is 36.4 Å². The van der Waals surface area contributed by atoms with E-state index in [4.69, 9.17) is 5.73 Å². The first-order valence-corrected chi connectivity index (χ1v) is 5.63. The van der Waals surface area contributed by atoms with Crippen LogP contribution in [0.25, 0.3) is 0 Å². The van der Waals surface area contributed by atoms with Crippen molar-refractivity contribution in [2.75, 3.05) is 11.1 Å². The smallest absolute Gasteiger partial charge is 0.257 e. The molecule has 0 bridgehead atoms. The molecular formula is C14H13FN2O2. The van der Waals surface area contributed by atoms with Crippen LogP contribution in [0.4, 0.5) is 15.8 Å². The fraction of sp³-hybridized carbons (Fsp3) is 0.0714. The van der Waals surface area contributed by atoms with Gasteiger partial charge in [-0.1, -0.05) is 0 Å². The van der Waals surface area contributed by atoms with Crippen LogP contribution in [0.1, 0.15) is 15.9 Å². The van der Waals surface area contributed by atoms with Crippen LogP contribution in [0, 0.1) is 12.7 Å². The maximum absolute atomic E-state index is 13.1. The second kappa shape index (κ2) is 4.97. The van der Waals surface area contributed by atoms with Gasteiger partial charge in [0.1, 0.15) is 11.6 Å². The molecule has 98 valence electrons. The maximum Gasteiger partial charge on any atom is 0.257 e. The van der Waals surface area contributed by atoms with Gasteiger partial charge in [-0.05, 0) is 48.9 Å². The highest BCUT2D eigenvalue weighted by Crippen LogP contribution is 2.20. The van der Waals surface area contributed by atoms with Crippen molar-refractivity contribution in [1.29, 1.82) is 0 Å². The maximum atomic E-state index is 13.1. The standard InChI is InChI=1S/C14H13FN2O2/c1-8-6-9(2-4-12(8)15)17-14(19)11-7-10(18)3-5-13(11)16/h2-7,18H,16H2,1H3,(H,17,19). The molecule has 0 atom stereocenters. The summed E-state index contributed by atoms with van der Waals surface area (Å²) in [7, 11) is 0. The first-order valence-electron chi connectivity index (χ1n) is 5.63. The normalized spacial score (nSPS) is 10.2. The van der Waals surface area contributed by atoms with E-state index in [2.05, 4.69) is 5.32 Å². The fourth-order valence-corrected chi connectivity index (χ4v) is 1.66. The minimum Gasteiger partial charge on any atom is -0.508 e. The molecule has 2 aromatic rings. The number of amides is 1. The fourth-order valence-electron chi connectivity index (χ4n) is 1.66. The molecule has 2 rings (SSSR count). The van der Waals surface area contributed by atoms with E-state index in [9.17, 15) is 14.3 Å². The van der Waals surface area contributed by atoms with Crippen LogP contribution in [0.2, 0.25) is 0 Å². The van der Waals surface area contributed by atoms with Crippen LogP contribution in [0.15, 0.2) is 36.4 Å². The Labute approximate surface area is 109 Å². The number of anilines is 2. The molecule has 0 saturated heterocycles. The van der Waals surface area contributed by atoms with Crippen molar-refractivity contribution in [3.05, 3.63) is 53.3 Å². The SMILES string of the molecule is Cc1cc(NC(=O)c2cc(O)ccc2N)ccc1F. The third kappa shape index (κ3) is 2.82. The lowest BCUT2D eigenvalue weighted by molar-refractivity contribution is 0.102. The molecule has 0 heterocycles. The predicted molar refractivity (Wildman–Crippen MR) is 71.6 cm³/mol. The molecule has 4 nitrogen and oxygen atoms in total. The van der Waals surface area contributed by atoms with Gasteiger partial charge in [0.05, 0.1) is 5.56 Å². The van der Waals surface area contributed by atoms with E-state index < -0.39 is 5.91 Å². The minimum atomic E-state index is -0.459. The Morgan fingerprint density at radius 3 is 2.68 bits per heavy atom. The Morgan fingerprint density at radius 1 is 1.26 bits per heavy atom. The topological polar surface area (TPSA) is 75.3 Å². The van der Waals surface area contributed by atoms with Gasteiger partial charge in [-0.3, -0.25) is 4.79 Å². The van der Waals surface area contributed by atoms with Crippen molar-refractivity contribution in [3.63, 3.8) is 0 Å². The van der Waals surface area contributed by atoms with Gasteiger partial charge in [-0.25, -0.2) is 4.39 Å². The number of phenolic OH excluding ortho intramolecular Hbond substituents is 1. The lowest BCUT2D eigenvalue weighted by Crippen LogP contribution is -2.14. The molecule has 4 N–H and O–H groups in total. The van der Waals surface area contributed by atoms with Gasteiger partial charge >= 0.3 is 0 Å². The summed E-state index contributed by atoms with van der Waals surface area (Å²) in [6.07, 6.45) is 0.